The van der Waals surface area contributed by atoms with Crippen LogP contribution in [0.3, 0.4) is 0 Å². The van der Waals surface area contributed by atoms with Crippen molar-refractivity contribution >= 4 is 13.7 Å². The highest BCUT2D eigenvalue weighted by molar-refractivity contribution is 6.81. The zero-order chi connectivity index (χ0) is 16.1. The van der Waals surface area contributed by atoms with E-state index in [0.717, 1.165) is 38.6 Å². The van der Waals surface area contributed by atoms with Gasteiger partial charge in [0, 0.05) is 26.9 Å². The molecule has 22 heavy (non-hydrogen) atoms. The molecule has 5 heteroatoms. The first-order valence-electron chi connectivity index (χ1n) is 8.32. The number of rotatable bonds is 13. The molecule has 0 atom stereocenters. The van der Waals surface area contributed by atoms with E-state index in [0.29, 0.717) is 13.2 Å². The van der Waals surface area contributed by atoms with E-state index in [1.54, 1.807) is 7.11 Å². The van der Waals surface area contributed by atoms with Gasteiger partial charge >= 0.3 is 8.56 Å². The van der Waals surface area contributed by atoms with Gasteiger partial charge in [-0.3, -0.25) is 0 Å². The minimum atomic E-state index is -2.31. The molecule has 0 aliphatic heterocycles. The highest BCUT2D eigenvalue weighted by atomic mass is 28.4. The van der Waals surface area contributed by atoms with E-state index in [-0.39, 0.29) is 0 Å². The lowest BCUT2D eigenvalue weighted by Crippen LogP contribution is -2.54. The third kappa shape index (κ3) is 6.58. The van der Waals surface area contributed by atoms with Crippen molar-refractivity contribution in [1.29, 1.82) is 0 Å². The first kappa shape index (κ1) is 19.3. The van der Waals surface area contributed by atoms with Gasteiger partial charge in [0.15, 0.2) is 0 Å². The van der Waals surface area contributed by atoms with E-state index in [9.17, 15) is 0 Å². The van der Waals surface area contributed by atoms with Gasteiger partial charge in [0.05, 0.1) is 0 Å². The molecule has 1 aromatic carbocycles. The van der Waals surface area contributed by atoms with Crippen LogP contribution in [0.4, 0.5) is 0 Å². The van der Waals surface area contributed by atoms with Crippen LogP contribution < -0.4 is 10.5 Å². The van der Waals surface area contributed by atoms with Gasteiger partial charge in [-0.25, -0.2) is 0 Å². The lowest BCUT2D eigenvalue weighted by Gasteiger charge is -2.30. The SMILES string of the molecule is CCO[Si](CCCNCCCOC)(OCC)c1ccccc1. The minimum Gasteiger partial charge on any atom is -0.391 e. The largest absolute Gasteiger partial charge is 0.391 e. The van der Waals surface area contributed by atoms with E-state index in [2.05, 4.69) is 29.6 Å². The van der Waals surface area contributed by atoms with Crippen LogP contribution >= 0.6 is 0 Å². The molecule has 1 rings (SSSR count). The Bertz CT molecular complexity index is 369. The van der Waals surface area contributed by atoms with Crippen molar-refractivity contribution in [2.45, 2.75) is 32.7 Å². The van der Waals surface area contributed by atoms with Crippen LogP contribution in [0.25, 0.3) is 0 Å². The number of methoxy groups -OCH3 is 1. The molecule has 0 spiro atoms. The number of nitrogens with one attached hydrogen (secondary N) is 1. The summed E-state index contributed by atoms with van der Waals surface area (Å²) in [5, 5.41) is 4.69. The van der Waals surface area contributed by atoms with Crippen molar-refractivity contribution < 1.29 is 13.6 Å². The van der Waals surface area contributed by atoms with Crippen molar-refractivity contribution in [3.05, 3.63) is 30.3 Å². The van der Waals surface area contributed by atoms with E-state index < -0.39 is 8.56 Å². The lowest BCUT2D eigenvalue weighted by atomic mass is 10.4. The summed E-state index contributed by atoms with van der Waals surface area (Å²) in [5.41, 5.74) is 0. The summed E-state index contributed by atoms with van der Waals surface area (Å²) >= 11 is 0. The first-order valence-corrected chi connectivity index (χ1v) is 10.3. The number of hydrogen-bond donors (Lipinski definition) is 1. The van der Waals surface area contributed by atoms with Crippen LogP contribution in [-0.4, -0.2) is 48.6 Å². The normalized spacial score (nSPS) is 11.8. The van der Waals surface area contributed by atoms with Gasteiger partial charge in [-0.05, 0) is 51.0 Å². The van der Waals surface area contributed by atoms with Crippen molar-refractivity contribution in [2.75, 3.05) is 40.0 Å². The van der Waals surface area contributed by atoms with Gasteiger partial charge in [0.1, 0.15) is 0 Å². The summed E-state index contributed by atoms with van der Waals surface area (Å²) in [6, 6.07) is 11.4. The van der Waals surface area contributed by atoms with Crippen molar-refractivity contribution in [1.82, 2.24) is 5.32 Å². The summed E-state index contributed by atoms with van der Waals surface area (Å²) in [7, 11) is -0.572. The number of benzene rings is 1. The predicted octanol–water partition coefficient (Wildman–Crippen LogP) is 2.42. The maximum atomic E-state index is 6.17. The zero-order valence-corrected chi connectivity index (χ0v) is 15.3. The molecule has 0 amide bonds. The minimum absolute atomic E-state index is 0.697. The fourth-order valence-corrected chi connectivity index (χ4v) is 5.84. The molecule has 0 aliphatic carbocycles. The molecule has 0 heterocycles. The van der Waals surface area contributed by atoms with E-state index in [4.69, 9.17) is 13.6 Å². The molecule has 0 fully saturated rings. The number of hydrogen-bond acceptors (Lipinski definition) is 4. The Balaban J connectivity index is 2.55. The lowest BCUT2D eigenvalue weighted by molar-refractivity contribution is 0.192. The topological polar surface area (TPSA) is 39.7 Å². The smallest absolute Gasteiger partial charge is 0.372 e. The number of ether oxygens (including phenoxy) is 1. The van der Waals surface area contributed by atoms with E-state index in [1.807, 2.05) is 19.9 Å². The summed E-state index contributed by atoms with van der Waals surface area (Å²) in [5.74, 6) is 0. The molecule has 1 N–H and O–H groups in total. The van der Waals surface area contributed by atoms with Gasteiger partial charge in [-0.15, -0.1) is 0 Å². The summed E-state index contributed by atoms with van der Waals surface area (Å²) in [6.07, 6.45) is 2.11. The summed E-state index contributed by atoms with van der Waals surface area (Å²) in [6.45, 7) is 8.29. The molecule has 126 valence electrons. The molecular formula is C17H31NO3Si. The van der Waals surface area contributed by atoms with Crippen LogP contribution in [0.2, 0.25) is 6.04 Å². The standard InChI is InChI=1S/C17H31NO3Si/c1-4-20-22(21-5-2,17-11-7-6-8-12-17)16-10-14-18-13-9-15-19-3/h6-8,11-12,18H,4-5,9-10,13-16H2,1-3H3. The Labute approximate surface area is 136 Å². The fraction of sp³-hybridized carbons (Fsp3) is 0.647. The second-order valence-electron chi connectivity index (χ2n) is 5.18. The maximum Gasteiger partial charge on any atom is 0.372 e. The van der Waals surface area contributed by atoms with Crippen molar-refractivity contribution in [3.63, 3.8) is 0 Å². The van der Waals surface area contributed by atoms with Crippen LogP contribution in [0, 0.1) is 0 Å². The quantitative estimate of drug-likeness (QED) is 0.447. The average Bonchev–Trinajstić information content (AvgIpc) is 2.55. The molecule has 0 radical (unpaired) electrons. The van der Waals surface area contributed by atoms with E-state index >= 15 is 0 Å². The molecule has 0 aromatic heterocycles. The highest BCUT2D eigenvalue weighted by Crippen LogP contribution is 2.16. The Morgan fingerprint density at radius 3 is 2.18 bits per heavy atom. The monoisotopic (exact) mass is 325 g/mol. The molecule has 0 bridgehead atoms. The molecule has 4 nitrogen and oxygen atoms in total. The van der Waals surface area contributed by atoms with Gasteiger partial charge in [0.2, 0.25) is 0 Å². The van der Waals surface area contributed by atoms with Crippen molar-refractivity contribution in [3.8, 4) is 0 Å². The second kappa shape index (κ2) is 11.8. The van der Waals surface area contributed by atoms with Gasteiger partial charge in [-0.1, -0.05) is 30.3 Å². The first-order chi connectivity index (χ1) is 10.8. The van der Waals surface area contributed by atoms with E-state index in [1.165, 1.54) is 5.19 Å². The van der Waals surface area contributed by atoms with Gasteiger partial charge in [0.25, 0.3) is 0 Å². The zero-order valence-electron chi connectivity index (χ0n) is 14.3. The third-order valence-corrected chi connectivity index (χ3v) is 7.26. The summed E-state index contributed by atoms with van der Waals surface area (Å²) < 4.78 is 17.4. The average molecular weight is 326 g/mol. The predicted molar refractivity (Wildman–Crippen MR) is 93.9 cm³/mol. The second-order valence-corrected chi connectivity index (χ2v) is 8.35. The maximum absolute atomic E-state index is 6.17. The van der Waals surface area contributed by atoms with Crippen LogP contribution in [0.1, 0.15) is 26.7 Å². The molecule has 0 aliphatic rings. The Morgan fingerprint density at radius 2 is 1.59 bits per heavy atom. The Kier molecular flexibility index (Phi) is 10.4. The fourth-order valence-electron chi connectivity index (χ4n) is 2.57. The van der Waals surface area contributed by atoms with Gasteiger partial charge in [-0.2, -0.15) is 0 Å². The Morgan fingerprint density at radius 1 is 0.955 bits per heavy atom. The molecule has 0 saturated heterocycles. The van der Waals surface area contributed by atoms with Crippen LogP contribution in [-0.2, 0) is 13.6 Å². The third-order valence-electron chi connectivity index (χ3n) is 3.53. The summed E-state index contributed by atoms with van der Waals surface area (Å²) in [4.78, 5) is 0. The van der Waals surface area contributed by atoms with Gasteiger partial charge < -0.3 is 18.9 Å². The molecule has 1 aromatic rings. The van der Waals surface area contributed by atoms with Crippen LogP contribution in [0.5, 0.6) is 0 Å². The highest BCUT2D eigenvalue weighted by Gasteiger charge is 2.38. The van der Waals surface area contributed by atoms with Crippen molar-refractivity contribution in [2.24, 2.45) is 0 Å². The van der Waals surface area contributed by atoms with Crippen LogP contribution in [0.15, 0.2) is 30.3 Å². The molecular weight excluding hydrogens is 294 g/mol. The molecule has 0 unspecified atom stereocenters. The Hall–Kier alpha value is -0.723. The molecule has 0 saturated carbocycles.